The predicted octanol–water partition coefficient (Wildman–Crippen LogP) is 7.61. The maximum Gasteiger partial charge on any atom is 0.142 e. The highest BCUT2D eigenvalue weighted by Gasteiger charge is 2.22. The van der Waals surface area contributed by atoms with Crippen molar-refractivity contribution in [2.45, 2.75) is 0 Å². The van der Waals surface area contributed by atoms with Crippen molar-refractivity contribution >= 4 is 23.1 Å². The highest BCUT2D eigenvalue weighted by atomic mass is 35.5. The summed E-state index contributed by atoms with van der Waals surface area (Å²) in [6.07, 6.45) is 0. The Bertz CT molecular complexity index is 1350. The molecule has 0 amide bonds. The minimum Gasteiger partial charge on any atom is -0.497 e. The summed E-state index contributed by atoms with van der Waals surface area (Å²) in [6.45, 7) is 0. The Hall–Kier alpha value is -4.02. The number of methoxy groups -OCH3 is 1. The van der Waals surface area contributed by atoms with Crippen molar-refractivity contribution in [2.24, 2.45) is 0 Å². The molecule has 0 spiro atoms. The average Bonchev–Trinajstić information content (AvgIpc) is 3.25. The number of hydrogen-bond acceptors (Lipinski definition) is 3. The van der Waals surface area contributed by atoms with Gasteiger partial charge >= 0.3 is 0 Å². The summed E-state index contributed by atoms with van der Waals surface area (Å²) in [6, 6.07) is 36.1. The first-order valence-electron chi connectivity index (χ1n) is 10.6. The highest BCUT2D eigenvalue weighted by Crippen LogP contribution is 2.40. The molecule has 1 aromatic heterocycles. The van der Waals surface area contributed by atoms with Gasteiger partial charge in [-0.3, -0.25) is 0 Å². The van der Waals surface area contributed by atoms with Gasteiger partial charge in [0.25, 0.3) is 0 Å². The quantitative estimate of drug-likeness (QED) is 0.288. The Kier molecular flexibility index (Phi) is 5.83. The summed E-state index contributed by atoms with van der Waals surface area (Å²) in [7, 11) is 1.66. The van der Waals surface area contributed by atoms with Gasteiger partial charge in [0.05, 0.1) is 18.4 Å². The molecular weight excluding hydrogens is 430 g/mol. The number of ether oxygens (including phenoxy) is 1. The number of benzene rings is 4. The third-order valence-electron chi connectivity index (χ3n) is 5.42. The van der Waals surface area contributed by atoms with Crippen LogP contribution in [0, 0.1) is 0 Å². The molecule has 1 heterocycles. The van der Waals surface area contributed by atoms with E-state index in [4.69, 9.17) is 21.4 Å². The molecule has 0 bridgehead atoms. The molecule has 0 saturated carbocycles. The zero-order valence-electron chi connectivity index (χ0n) is 18.1. The Balaban J connectivity index is 1.76. The number of nitrogens with zero attached hydrogens (tertiary/aromatic N) is 2. The lowest BCUT2D eigenvalue weighted by atomic mass is 10.0. The minimum absolute atomic E-state index is 0.692. The summed E-state index contributed by atoms with van der Waals surface area (Å²) in [4.78, 5) is 0. The average molecular weight is 452 g/mol. The smallest absolute Gasteiger partial charge is 0.142 e. The number of hydrogen-bond donors (Lipinski definition) is 1. The van der Waals surface area contributed by atoms with Gasteiger partial charge in [-0.2, -0.15) is 5.10 Å². The second-order valence-corrected chi connectivity index (χ2v) is 7.98. The van der Waals surface area contributed by atoms with Crippen LogP contribution in [-0.4, -0.2) is 16.9 Å². The number of aromatic nitrogens is 2. The van der Waals surface area contributed by atoms with Gasteiger partial charge in [0.2, 0.25) is 0 Å². The first-order valence-corrected chi connectivity index (χ1v) is 11.0. The van der Waals surface area contributed by atoms with Crippen molar-refractivity contribution in [3.63, 3.8) is 0 Å². The summed E-state index contributed by atoms with van der Waals surface area (Å²) in [5, 5.41) is 9.37. The summed E-state index contributed by atoms with van der Waals surface area (Å²) >= 11 is 6.12. The molecule has 0 radical (unpaired) electrons. The van der Waals surface area contributed by atoms with Crippen LogP contribution < -0.4 is 10.1 Å². The van der Waals surface area contributed by atoms with E-state index >= 15 is 0 Å². The van der Waals surface area contributed by atoms with E-state index in [1.807, 2.05) is 89.6 Å². The molecule has 0 saturated heterocycles. The lowest BCUT2D eigenvalue weighted by Crippen LogP contribution is -2.03. The zero-order chi connectivity index (χ0) is 22.6. The molecule has 5 aromatic rings. The van der Waals surface area contributed by atoms with Gasteiger partial charge in [0, 0.05) is 16.3 Å². The first-order chi connectivity index (χ1) is 16.2. The first kappa shape index (κ1) is 20.9. The van der Waals surface area contributed by atoms with Crippen molar-refractivity contribution in [1.82, 2.24) is 9.78 Å². The number of anilines is 2. The summed E-state index contributed by atoms with van der Waals surface area (Å²) in [5.41, 5.74) is 5.88. The molecule has 5 heteroatoms. The van der Waals surface area contributed by atoms with Crippen LogP contribution >= 0.6 is 11.6 Å². The summed E-state index contributed by atoms with van der Waals surface area (Å²) < 4.78 is 7.30. The normalized spacial score (nSPS) is 10.7. The molecule has 0 fully saturated rings. The molecular formula is C28H22ClN3O. The molecule has 0 atom stereocenters. The van der Waals surface area contributed by atoms with E-state index in [1.165, 1.54) is 0 Å². The van der Waals surface area contributed by atoms with Gasteiger partial charge in [-0.05, 0) is 54.1 Å². The molecule has 4 aromatic carbocycles. The SMILES string of the molecule is COc1ccc(-n2nc(-c3ccccc3)c(-c3ccccc3)c2Nc2ccc(Cl)cc2)cc1. The van der Waals surface area contributed by atoms with Gasteiger partial charge in [0.15, 0.2) is 0 Å². The lowest BCUT2D eigenvalue weighted by Gasteiger charge is -2.13. The third kappa shape index (κ3) is 4.34. The Labute approximate surface area is 198 Å². The molecule has 33 heavy (non-hydrogen) atoms. The van der Waals surface area contributed by atoms with E-state index in [2.05, 4.69) is 29.6 Å². The molecule has 0 aliphatic rings. The van der Waals surface area contributed by atoms with E-state index in [0.29, 0.717) is 5.02 Å². The topological polar surface area (TPSA) is 39.1 Å². The van der Waals surface area contributed by atoms with E-state index in [-0.39, 0.29) is 0 Å². The number of nitrogens with one attached hydrogen (secondary N) is 1. The van der Waals surface area contributed by atoms with E-state index in [0.717, 1.165) is 45.3 Å². The Morgan fingerprint density at radius 2 is 1.33 bits per heavy atom. The summed E-state index contributed by atoms with van der Waals surface area (Å²) in [5.74, 6) is 1.66. The largest absolute Gasteiger partial charge is 0.497 e. The van der Waals surface area contributed by atoms with Crippen LogP contribution in [0.4, 0.5) is 11.5 Å². The van der Waals surface area contributed by atoms with Crippen LogP contribution in [0.3, 0.4) is 0 Å². The zero-order valence-corrected chi connectivity index (χ0v) is 18.8. The number of halogens is 1. The van der Waals surface area contributed by atoms with Crippen LogP contribution in [0.25, 0.3) is 28.1 Å². The second kappa shape index (κ2) is 9.23. The standard InChI is InChI=1S/C28H22ClN3O/c1-33-25-18-16-24(17-19-25)32-28(30-23-14-12-22(29)13-15-23)26(20-8-4-2-5-9-20)27(31-32)21-10-6-3-7-11-21/h2-19,30H,1H3. The van der Waals surface area contributed by atoms with Gasteiger partial charge in [0.1, 0.15) is 17.3 Å². The molecule has 1 N–H and O–H groups in total. The monoisotopic (exact) mass is 451 g/mol. The van der Waals surface area contributed by atoms with Crippen LogP contribution in [0.5, 0.6) is 5.75 Å². The Morgan fingerprint density at radius 3 is 1.94 bits per heavy atom. The lowest BCUT2D eigenvalue weighted by molar-refractivity contribution is 0.414. The van der Waals surface area contributed by atoms with E-state index in [1.54, 1.807) is 7.11 Å². The fourth-order valence-corrected chi connectivity index (χ4v) is 3.92. The molecule has 0 unspecified atom stereocenters. The highest BCUT2D eigenvalue weighted by molar-refractivity contribution is 6.30. The van der Waals surface area contributed by atoms with Gasteiger partial charge < -0.3 is 10.1 Å². The van der Waals surface area contributed by atoms with Crippen molar-refractivity contribution in [3.05, 3.63) is 114 Å². The van der Waals surface area contributed by atoms with Crippen LogP contribution in [0.15, 0.2) is 109 Å². The maximum absolute atomic E-state index is 6.12. The van der Waals surface area contributed by atoms with Crippen molar-refractivity contribution in [1.29, 1.82) is 0 Å². The predicted molar refractivity (Wildman–Crippen MR) is 136 cm³/mol. The van der Waals surface area contributed by atoms with E-state index < -0.39 is 0 Å². The molecule has 0 aliphatic carbocycles. The molecule has 4 nitrogen and oxygen atoms in total. The fourth-order valence-electron chi connectivity index (χ4n) is 3.79. The number of rotatable bonds is 6. The molecule has 0 aliphatic heterocycles. The van der Waals surface area contributed by atoms with Crippen molar-refractivity contribution in [3.8, 4) is 33.8 Å². The van der Waals surface area contributed by atoms with Crippen molar-refractivity contribution in [2.75, 3.05) is 12.4 Å². The third-order valence-corrected chi connectivity index (χ3v) is 5.67. The molecule has 5 rings (SSSR count). The Morgan fingerprint density at radius 1 is 0.727 bits per heavy atom. The van der Waals surface area contributed by atoms with Crippen LogP contribution in [0.2, 0.25) is 5.02 Å². The molecule has 162 valence electrons. The van der Waals surface area contributed by atoms with Crippen LogP contribution in [0.1, 0.15) is 0 Å². The van der Waals surface area contributed by atoms with Crippen molar-refractivity contribution < 1.29 is 4.74 Å². The second-order valence-electron chi connectivity index (χ2n) is 7.55. The van der Waals surface area contributed by atoms with Gasteiger partial charge in [-0.1, -0.05) is 72.3 Å². The van der Waals surface area contributed by atoms with Crippen LogP contribution in [-0.2, 0) is 0 Å². The minimum atomic E-state index is 0.692. The fraction of sp³-hybridized carbons (Fsp3) is 0.0357. The van der Waals surface area contributed by atoms with Gasteiger partial charge in [-0.25, -0.2) is 4.68 Å². The van der Waals surface area contributed by atoms with E-state index in [9.17, 15) is 0 Å². The van der Waals surface area contributed by atoms with Gasteiger partial charge in [-0.15, -0.1) is 0 Å². The maximum atomic E-state index is 6.12.